The zero-order valence-corrected chi connectivity index (χ0v) is 8.65. The molecule has 1 aromatic heterocycles. The van der Waals surface area contributed by atoms with E-state index in [9.17, 15) is 0 Å². The van der Waals surface area contributed by atoms with Crippen molar-refractivity contribution < 1.29 is 0 Å². The number of hydrogen-bond donors (Lipinski definition) is 1. The van der Waals surface area contributed by atoms with Gasteiger partial charge in [-0.2, -0.15) is 5.26 Å². The van der Waals surface area contributed by atoms with Gasteiger partial charge < -0.3 is 5.32 Å². The van der Waals surface area contributed by atoms with Gasteiger partial charge in [0.1, 0.15) is 17.7 Å². The lowest BCUT2D eigenvalue weighted by atomic mass is 10.1. The quantitative estimate of drug-likeness (QED) is 0.788. The largest absolute Gasteiger partial charge is 0.354 e. The summed E-state index contributed by atoms with van der Waals surface area (Å²) in [6.07, 6.45) is 1.68. The molecular formula is C10H14N4. The fraction of sp³-hybridized carbons (Fsp3) is 0.500. The highest BCUT2D eigenvalue weighted by Gasteiger charge is 2.11. The second kappa shape index (κ2) is 4.56. The van der Waals surface area contributed by atoms with Gasteiger partial charge in [-0.25, -0.2) is 9.97 Å². The Morgan fingerprint density at radius 3 is 2.71 bits per heavy atom. The van der Waals surface area contributed by atoms with E-state index in [1.54, 1.807) is 12.3 Å². The molecule has 14 heavy (non-hydrogen) atoms. The van der Waals surface area contributed by atoms with Gasteiger partial charge in [-0.3, -0.25) is 0 Å². The third-order valence-electron chi connectivity index (χ3n) is 1.89. The number of nitrogens with zero attached hydrogens (tertiary/aromatic N) is 3. The molecule has 0 radical (unpaired) electrons. The lowest BCUT2D eigenvalue weighted by Gasteiger charge is -2.15. The molecule has 0 amide bonds. The summed E-state index contributed by atoms with van der Waals surface area (Å²) in [4.78, 5) is 8.15. The molecule has 0 unspecified atom stereocenters. The summed E-state index contributed by atoms with van der Waals surface area (Å²) in [6, 6.07) is 3.76. The number of rotatable bonds is 3. The van der Waals surface area contributed by atoms with E-state index < -0.39 is 0 Å². The van der Waals surface area contributed by atoms with Crippen molar-refractivity contribution >= 4 is 5.82 Å². The minimum absolute atomic E-state index is 0.204. The number of anilines is 1. The molecule has 1 heterocycles. The Balaban J connectivity index is 2.73. The van der Waals surface area contributed by atoms with E-state index in [2.05, 4.69) is 21.4 Å². The second-order valence-electron chi connectivity index (χ2n) is 3.48. The third-order valence-corrected chi connectivity index (χ3v) is 1.89. The van der Waals surface area contributed by atoms with Crippen molar-refractivity contribution in [1.82, 2.24) is 9.97 Å². The molecule has 0 aliphatic carbocycles. The van der Waals surface area contributed by atoms with Crippen molar-refractivity contribution in [1.29, 1.82) is 5.26 Å². The highest BCUT2D eigenvalue weighted by Crippen LogP contribution is 2.08. The Kier molecular flexibility index (Phi) is 3.41. The Hall–Kier alpha value is -1.63. The smallest absolute Gasteiger partial charge is 0.130 e. The van der Waals surface area contributed by atoms with Crippen LogP contribution in [-0.4, -0.2) is 16.0 Å². The average molecular weight is 190 g/mol. The van der Waals surface area contributed by atoms with E-state index in [1.807, 2.05) is 20.8 Å². The van der Waals surface area contributed by atoms with Gasteiger partial charge in [0.2, 0.25) is 0 Å². The number of nitriles is 1. The first-order valence-corrected chi connectivity index (χ1v) is 4.59. The predicted octanol–water partition coefficient (Wildman–Crippen LogP) is 1.75. The zero-order chi connectivity index (χ0) is 10.6. The average Bonchev–Trinajstić information content (AvgIpc) is 2.14. The van der Waals surface area contributed by atoms with Crippen LogP contribution in [0.3, 0.4) is 0 Å². The molecule has 0 saturated heterocycles. The first kappa shape index (κ1) is 10.5. The summed E-state index contributed by atoms with van der Waals surface area (Å²) >= 11 is 0. The Labute approximate surface area is 84.0 Å². The summed E-state index contributed by atoms with van der Waals surface area (Å²) in [6.45, 7) is 5.81. The van der Waals surface area contributed by atoms with Crippen molar-refractivity contribution in [2.24, 2.45) is 5.92 Å². The van der Waals surface area contributed by atoms with Crippen molar-refractivity contribution in [2.75, 3.05) is 5.32 Å². The van der Waals surface area contributed by atoms with Gasteiger partial charge >= 0.3 is 0 Å². The molecule has 1 rings (SSSR count). The molecule has 0 bridgehead atoms. The molecule has 0 fully saturated rings. The van der Waals surface area contributed by atoms with Crippen LogP contribution < -0.4 is 5.32 Å². The maximum atomic E-state index is 8.87. The van der Waals surface area contributed by atoms with Crippen molar-refractivity contribution in [3.05, 3.63) is 18.1 Å². The van der Waals surface area contributed by atoms with E-state index in [-0.39, 0.29) is 12.0 Å². The summed E-state index contributed by atoms with van der Waals surface area (Å²) < 4.78 is 0. The zero-order valence-electron chi connectivity index (χ0n) is 8.65. The van der Waals surface area contributed by atoms with E-state index in [0.717, 1.165) is 0 Å². The number of aromatic nitrogens is 2. The number of aryl methyl sites for hydroxylation is 1. The van der Waals surface area contributed by atoms with E-state index >= 15 is 0 Å². The Morgan fingerprint density at radius 1 is 1.50 bits per heavy atom. The molecule has 0 aliphatic rings. The monoisotopic (exact) mass is 190 g/mol. The third kappa shape index (κ3) is 2.70. The SMILES string of the molecule is Cc1nccc(N[C@H](C#N)C(C)C)n1. The minimum Gasteiger partial charge on any atom is -0.354 e. The van der Waals surface area contributed by atoms with Crippen molar-refractivity contribution in [2.45, 2.75) is 26.8 Å². The van der Waals surface area contributed by atoms with Crippen LogP contribution in [0.4, 0.5) is 5.82 Å². The minimum atomic E-state index is -0.204. The molecule has 0 aromatic carbocycles. The number of hydrogen-bond acceptors (Lipinski definition) is 4. The van der Waals surface area contributed by atoms with Gasteiger partial charge in [-0.15, -0.1) is 0 Å². The summed E-state index contributed by atoms with van der Waals surface area (Å²) in [5, 5.41) is 11.9. The van der Waals surface area contributed by atoms with Gasteiger partial charge in [0.05, 0.1) is 6.07 Å². The van der Waals surface area contributed by atoms with E-state index in [1.165, 1.54) is 0 Å². The van der Waals surface area contributed by atoms with Gasteiger partial charge in [0.15, 0.2) is 0 Å². The van der Waals surface area contributed by atoms with Crippen LogP contribution in [0.25, 0.3) is 0 Å². The summed E-state index contributed by atoms with van der Waals surface area (Å²) in [5.74, 6) is 1.67. The lowest BCUT2D eigenvalue weighted by Crippen LogP contribution is -2.24. The molecule has 4 heteroatoms. The molecular weight excluding hydrogens is 176 g/mol. The lowest BCUT2D eigenvalue weighted by molar-refractivity contribution is 0.607. The molecule has 1 atom stereocenters. The van der Waals surface area contributed by atoms with E-state index in [4.69, 9.17) is 5.26 Å². The highest BCUT2D eigenvalue weighted by atomic mass is 15.0. The molecule has 4 nitrogen and oxygen atoms in total. The molecule has 1 aromatic rings. The fourth-order valence-electron chi connectivity index (χ4n) is 1.04. The van der Waals surface area contributed by atoms with Crippen LogP contribution in [0.2, 0.25) is 0 Å². The van der Waals surface area contributed by atoms with Crippen LogP contribution in [-0.2, 0) is 0 Å². The van der Waals surface area contributed by atoms with Crippen LogP contribution in [0, 0.1) is 24.2 Å². The molecule has 0 saturated carbocycles. The van der Waals surface area contributed by atoms with Crippen LogP contribution in [0.5, 0.6) is 0 Å². The normalized spacial score (nSPS) is 12.2. The first-order valence-electron chi connectivity index (χ1n) is 4.59. The molecule has 0 spiro atoms. The second-order valence-corrected chi connectivity index (χ2v) is 3.48. The maximum Gasteiger partial charge on any atom is 0.130 e. The molecule has 74 valence electrons. The topological polar surface area (TPSA) is 61.6 Å². The Bertz CT molecular complexity index is 340. The summed E-state index contributed by atoms with van der Waals surface area (Å²) in [5.41, 5.74) is 0. The maximum absolute atomic E-state index is 8.87. The van der Waals surface area contributed by atoms with Crippen LogP contribution >= 0.6 is 0 Å². The van der Waals surface area contributed by atoms with Gasteiger partial charge in [0, 0.05) is 6.20 Å². The standard InChI is InChI=1S/C10H14N4/c1-7(2)9(6-11)14-10-4-5-12-8(3)13-10/h4-5,7,9H,1-3H3,(H,12,13,14)/t9-/m1/s1. The van der Waals surface area contributed by atoms with Gasteiger partial charge in [-0.1, -0.05) is 13.8 Å². The van der Waals surface area contributed by atoms with Gasteiger partial charge in [0.25, 0.3) is 0 Å². The van der Waals surface area contributed by atoms with Crippen LogP contribution in [0.15, 0.2) is 12.3 Å². The van der Waals surface area contributed by atoms with Crippen LogP contribution in [0.1, 0.15) is 19.7 Å². The predicted molar refractivity (Wildman–Crippen MR) is 54.6 cm³/mol. The summed E-state index contributed by atoms with van der Waals surface area (Å²) in [7, 11) is 0. The van der Waals surface area contributed by atoms with Crippen molar-refractivity contribution in [3.63, 3.8) is 0 Å². The highest BCUT2D eigenvalue weighted by molar-refractivity contribution is 5.36. The Morgan fingerprint density at radius 2 is 2.21 bits per heavy atom. The first-order chi connectivity index (χ1) is 6.63. The van der Waals surface area contributed by atoms with Gasteiger partial charge in [-0.05, 0) is 18.9 Å². The fourth-order valence-corrected chi connectivity index (χ4v) is 1.04. The molecule has 0 aliphatic heterocycles. The van der Waals surface area contributed by atoms with E-state index in [0.29, 0.717) is 11.6 Å². The molecule has 1 N–H and O–H groups in total. The number of nitrogens with one attached hydrogen (secondary N) is 1. The van der Waals surface area contributed by atoms with Crippen molar-refractivity contribution in [3.8, 4) is 6.07 Å².